The van der Waals surface area contributed by atoms with Gasteiger partial charge in [0, 0.05) is 45.2 Å². The van der Waals surface area contributed by atoms with Gasteiger partial charge in [-0.15, -0.1) is 0 Å². The molecule has 1 aromatic carbocycles. The summed E-state index contributed by atoms with van der Waals surface area (Å²) >= 11 is 0. The first-order chi connectivity index (χ1) is 13.1. The molecule has 27 heavy (non-hydrogen) atoms. The third-order valence-electron chi connectivity index (χ3n) is 5.24. The lowest BCUT2D eigenvalue weighted by molar-refractivity contribution is -0.140. The molecule has 0 bridgehead atoms. The average molecular weight is 376 g/mol. The van der Waals surface area contributed by atoms with E-state index in [0.29, 0.717) is 19.0 Å². The molecular formula is C21H33N3O3. The highest BCUT2D eigenvalue weighted by molar-refractivity contribution is 5.74. The van der Waals surface area contributed by atoms with Crippen molar-refractivity contribution in [2.75, 3.05) is 39.8 Å². The number of piperazine rings is 1. The van der Waals surface area contributed by atoms with Crippen LogP contribution in [-0.2, 0) is 9.53 Å². The summed E-state index contributed by atoms with van der Waals surface area (Å²) in [4.78, 5) is 27.7. The van der Waals surface area contributed by atoms with E-state index in [1.54, 1.807) is 0 Å². The molecule has 1 fully saturated rings. The van der Waals surface area contributed by atoms with E-state index in [0.717, 1.165) is 51.9 Å². The van der Waals surface area contributed by atoms with E-state index in [1.807, 2.05) is 11.0 Å². The number of carbonyl (C=O) groups excluding carboxylic acids is 2. The maximum absolute atomic E-state index is 12.3. The molecule has 0 saturated carbocycles. The summed E-state index contributed by atoms with van der Waals surface area (Å²) in [6.07, 6.45) is 4.27. The Morgan fingerprint density at radius 2 is 1.70 bits per heavy atom. The fourth-order valence-corrected chi connectivity index (χ4v) is 3.41. The number of methoxy groups -OCH3 is 1. The van der Waals surface area contributed by atoms with Crippen molar-refractivity contribution in [3.05, 3.63) is 35.9 Å². The lowest BCUT2D eigenvalue weighted by Gasteiger charge is -2.38. The molecule has 1 aromatic rings. The number of esters is 1. The fraction of sp³-hybridized carbons (Fsp3) is 0.619. The maximum Gasteiger partial charge on any atom is 0.317 e. The normalized spacial score (nSPS) is 16.0. The molecule has 1 atom stereocenters. The van der Waals surface area contributed by atoms with Crippen LogP contribution in [0, 0.1) is 0 Å². The van der Waals surface area contributed by atoms with E-state index in [4.69, 9.17) is 0 Å². The summed E-state index contributed by atoms with van der Waals surface area (Å²) in [5.41, 5.74) is 1.32. The molecule has 0 aromatic heterocycles. The van der Waals surface area contributed by atoms with E-state index < -0.39 is 0 Å². The summed E-state index contributed by atoms with van der Waals surface area (Å²) in [6.45, 7) is 6.25. The minimum Gasteiger partial charge on any atom is -0.469 e. The van der Waals surface area contributed by atoms with Crippen LogP contribution < -0.4 is 5.32 Å². The molecule has 1 aliphatic heterocycles. The number of urea groups is 1. The predicted molar refractivity (Wildman–Crippen MR) is 107 cm³/mol. The highest BCUT2D eigenvalue weighted by Crippen LogP contribution is 2.21. The standard InChI is InChI=1S/C21H33N3O3/c1-18(19-10-6-5-7-11-19)23-14-16-24(17-15-23)21(26)22-13-9-4-3-8-12-20(25)27-2/h5-7,10-11,18H,3-4,8-9,12-17H2,1-2H3,(H,22,26). The van der Waals surface area contributed by atoms with E-state index in [9.17, 15) is 9.59 Å². The van der Waals surface area contributed by atoms with Gasteiger partial charge in [0.05, 0.1) is 7.11 Å². The first-order valence-corrected chi connectivity index (χ1v) is 10.0. The molecule has 150 valence electrons. The van der Waals surface area contributed by atoms with Gasteiger partial charge >= 0.3 is 12.0 Å². The van der Waals surface area contributed by atoms with Crippen molar-refractivity contribution in [2.24, 2.45) is 0 Å². The number of unbranched alkanes of at least 4 members (excludes halogenated alkanes) is 3. The largest absolute Gasteiger partial charge is 0.469 e. The highest BCUT2D eigenvalue weighted by Gasteiger charge is 2.24. The number of benzene rings is 1. The molecule has 1 heterocycles. The molecule has 2 rings (SSSR count). The smallest absolute Gasteiger partial charge is 0.317 e. The SMILES string of the molecule is COC(=O)CCCCCCNC(=O)N1CCN(C(C)c2ccccc2)CC1. The molecular weight excluding hydrogens is 342 g/mol. The first-order valence-electron chi connectivity index (χ1n) is 10.0. The predicted octanol–water partition coefficient (Wildman–Crippen LogP) is 3.20. The van der Waals surface area contributed by atoms with Crippen molar-refractivity contribution in [3.8, 4) is 0 Å². The first kappa shape index (κ1) is 21.2. The number of ether oxygens (including phenoxy) is 1. The van der Waals surface area contributed by atoms with Gasteiger partial charge in [-0.3, -0.25) is 9.69 Å². The van der Waals surface area contributed by atoms with Crippen molar-refractivity contribution in [2.45, 2.75) is 45.1 Å². The van der Waals surface area contributed by atoms with E-state index >= 15 is 0 Å². The van der Waals surface area contributed by atoms with Crippen LogP contribution in [0.3, 0.4) is 0 Å². The fourth-order valence-electron chi connectivity index (χ4n) is 3.41. The molecule has 0 radical (unpaired) electrons. The van der Waals surface area contributed by atoms with E-state index in [2.05, 4.69) is 46.1 Å². The molecule has 1 unspecified atom stereocenters. The molecule has 1 saturated heterocycles. The van der Waals surface area contributed by atoms with Crippen LogP contribution in [0.2, 0.25) is 0 Å². The molecule has 6 nitrogen and oxygen atoms in total. The zero-order chi connectivity index (χ0) is 19.5. The van der Waals surface area contributed by atoms with Crippen molar-refractivity contribution in [1.29, 1.82) is 0 Å². The second kappa shape index (κ2) is 11.6. The molecule has 6 heteroatoms. The third-order valence-corrected chi connectivity index (χ3v) is 5.24. The molecule has 1 N–H and O–H groups in total. The Kier molecular flexibility index (Phi) is 9.11. The Hall–Kier alpha value is -2.08. The number of carbonyl (C=O) groups is 2. The number of nitrogens with one attached hydrogen (secondary N) is 1. The van der Waals surface area contributed by atoms with Gasteiger partial charge in [0.2, 0.25) is 0 Å². The lowest BCUT2D eigenvalue weighted by atomic mass is 10.1. The van der Waals surface area contributed by atoms with Gasteiger partial charge in [0.1, 0.15) is 0 Å². The van der Waals surface area contributed by atoms with Gasteiger partial charge in [-0.2, -0.15) is 0 Å². The molecule has 0 spiro atoms. The Bertz CT molecular complexity index is 571. The zero-order valence-corrected chi connectivity index (χ0v) is 16.7. The Morgan fingerprint density at radius 1 is 1.04 bits per heavy atom. The number of hydrogen-bond acceptors (Lipinski definition) is 4. The van der Waals surface area contributed by atoms with Gasteiger partial charge in [-0.25, -0.2) is 4.79 Å². The second-order valence-corrected chi connectivity index (χ2v) is 7.08. The van der Waals surface area contributed by atoms with Crippen molar-refractivity contribution in [3.63, 3.8) is 0 Å². The van der Waals surface area contributed by atoms with Crippen LogP contribution in [0.15, 0.2) is 30.3 Å². The molecule has 2 amide bonds. The zero-order valence-electron chi connectivity index (χ0n) is 16.7. The van der Waals surface area contributed by atoms with Crippen molar-refractivity contribution < 1.29 is 14.3 Å². The minimum atomic E-state index is -0.149. The summed E-state index contributed by atoms with van der Waals surface area (Å²) in [5, 5.41) is 3.02. The third kappa shape index (κ3) is 7.21. The topological polar surface area (TPSA) is 61.9 Å². The second-order valence-electron chi connectivity index (χ2n) is 7.08. The Balaban J connectivity index is 1.58. The van der Waals surface area contributed by atoms with Crippen LogP contribution >= 0.6 is 0 Å². The molecule has 1 aliphatic rings. The molecule has 0 aliphatic carbocycles. The summed E-state index contributed by atoms with van der Waals surface area (Å²) < 4.78 is 4.62. The number of nitrogens with zero attached hydrogens (tertiary/aromatic N) is 2. The van der Waals surface area contributed by atoms with Crippen molar-refractivity contribution in [1.82, 2.24) is 15.1 Å². The average Bonchev–Trinajstić information content (AvgIpc) is 2.72. The van der Waals surface area contributed by atoms with Crippen LogP contribution in [0.25, 0.3) is 0 Å². The maximum atomic E-state index is 12.3. The summed E-state index contributed by atoms with van der Waals surface area (Å²) in [7, 11) is 1.42. The summed E-state index contributed by atoms with van der Waals surface area (Å²) in [6, 6.07) is 10.9. The van der Waals surface area contributed by atoms with Crippen LogP contribution in [0.5, 0.6) is 0 Å². The van der Waals surface area contributed by atoms with E-state index in [-0.39, 0.29) is 12.0 Å². The lowest BCUT2D eigenvalue weighted by Crippen LogP contribution is -2.52. The monoisotopic (exact) mass is 375 g/mol. The Labute approximate surface area is 162 Å². The van der Waals surface area contributed by atoms with Gasteiger partial charge in [0.25, 0.3) is 0 Å². The van der Waals surface area contributed by atoms with Crippen molar-refractivity contribution >= 4 is 12.0 Å². The van der Waals surface area contributed by atoms with E-state index in [1.165, 1.54) is 12.7 Å². The number of rotatable bonds is 9. The van der Waals surface area contributed by atoms with Crippen LogP contribution in [-0.4, -0.2) is 61.6 Å². The van der Waals surface area contributed by atoms with Gasteiger partial charge in [0.15, 0.2) is 0 Å². The van der Waals surface area contributed by atoms with Crippen LogP contribution in [0.4, 0.5) is 4.79 Å². The van der Waals surface area contributed by atoms with Gasteiger partial charge < -0.3 is 15.0 Å². The Morgan fingerprint density at radius 3 is 2.37 bits per heavy atom. The van der Waals surface area contributed by atoms with Crippen LogP contribution in [0.1, 0.15) is 50.6 Å². The quantitative estimate of drug-likeness (QED) is 0.532. The number of hydrogen-bond donors (Lipinski definition) is 1. The summed E-state index contributed by atoms with van der Waals surface area (Å²) in [5.74, 6) is -0.149. The van der Waals surface area contributed by atoms with Gasteiger partial charge in [-0.05, 0) is 25.3 Å². The highest BCUT2D eigenvalue weighted by atomic mass is 16.5. The van der Waals surface area contributed by atoms with Gasteiger partial charge in [-0.1, -0.05) is 43.2 Å². The number of amides is 2. The minimum absolute atomic E-state index is 0.0385.